The van der Waals surface area contributed by atoms with E-state index in [2.05, 4.69) is 20.6 Å². The van der Waals surface area contributed by atoms with E-state index in [9.17, 15) is 23.5 Å². The number of halogens is 2. The molecule has 2 fully saturated rings. The lowest BCUT2D eigenvalue weighted by Crippen LogP contribution is -2.52. The third-order valence-corrected chi connectivity index (χ3v) is 9.25. The van der Waals surface area contributed by atoms with Gasteiger partial charge in [0.2, 0.25) is 5.89 Å². The topological polar surface area (TPSA) is 121 Å². The zero-order chi connectivity index (χ0) is 30.8. The van der Waals surface area contributed by atoms with E-state index in [-0.39, 0.29) is 35.4 Å². The van der Waals surface area contributed by atoms with Crippen LogP contribution in [0.5, 0.6) is 0 Å². The minimum absolute atomic E-state index is 0.0710. The molecule has 12 heteroatoms. The molecule has 4 aromatic rings. The summed E-state index contributed by atoms with van der Waals surface area (Å²) in [4.78, 5) is 38.7. The largest absolute Gasteiger partial charge is 0.445 e. The number of aliphatic hydroxyl groups excluding tert-OH is 1. The van der Waals surface area contributed by atoms with Crippen LogP contribution in [0.3, 0.4) is 0 Å². The molecule has 4 atom stereocenters. The lowest BCUT2D eigenvalue weighted by atomic mass is 9.94. The summed E-state index contributed by atoms with van der Waals surface area (Å²) in [7, 11) is 0. The normalized spacial score (nSPS) is 20.9. The predicted octanol–water partition coefficient (Wildman–Crippen LogP) is 4.78. The zero-order valence-electron chi connectivity index (χ0n) is 24.1. The van der Waals surface area contributed by atoms with E-state index in [1.165, 1.54) is 23.8 Å². The molecule has 2 aliphatic rings. The van der Waals surface area contributed by atoms with Crippen LogP contribution in [0, 0.1) is 6.92 Å². The number of rotatable bonds is 9. The fourth-order valence-corrected chi connectivity index (χ4v) is 6.95. The Hall–Kier alpha value is -4.00. The molecule has 4 heterocycles. The molecule has 6 rings (SSSR count). The Bertz CT molecular complexity index is 1610. The van der Waals surface area contributed by atoms with E-state index in [0.717, 1.165) is 29.1 Å². The molecular weight excluding hydrogens is 588 g/mol. The van der Waals surface area contributed by atoms with Gasteiger partial charge in [0.15, 0.2) is 0 Å². The highest BCUT2D eigenvalue weighted by Crippen LogP contribution is 2.36. The first kappa shape index (κ1) is 30.0. The summed E-state index contributed by atoms with van der Waals surface area (Å²) in [6, 6.07) is 11.9. The second-order valence-electron chi connectivity index (χ2n) is 11.4. The van der Waals surface area contributed by atoms with Crippen molar-refractivity contribution in [2.45, 2.75) is 62.8 Å². The molecule has 230 valence electrons. The quantitative estimate of drug-likeness (QED) is 0.246. The van der Waals surface area contributed by atoms with Crippen molar-refractivity contribution in [2.75, 3.05) is 13.1 Å². The van der Waals surface area contributed by atoms with Gasteiger partial charge in [-0.3, -0.25) is 9.59 Å². The summed E-state index contributed by atoms with van der Waals surface area (Å²) in [6.07, 6.45) is 2.78. The number of aliphatic hydroxyl groups is 1. The first-order chi connectivity index (χ1) is 21.2. The van der Waals surface area contributed by atoms with Crippen LogP contribution >= 0.6 is 11.3 Å². The van der Waals surface area contributed by atoms with Gasteiger partial charge in [0, 0.05) is 35.6 Å². The lowest BCUT2D eigenvalue weighted by molar-refractivity contribution is 0.0111. The van der Waals surface area contributed by atoms with Crippen molar-refractivity contribution >= 4 is 23.2 Å². The highest BCUT2D eigenvalue weighted by Gasteiger charge is 2.44. The SMILES string of the molecule is Cc1csc([C@H]2CCCN2C(=O)c2ccc(-c3ncco3)cc2C(=O)N[C@@H](Cc2ccccc2)[C@H](O)[C@H]2CC(F)(F)CN2)n1. The fraction of sp³-hybridized carbons (Fsp3) is 0.375. The number of amides is 2. The maximum absolute atomic E-state index is 14.1. The van der Waals surface area contributed by atoms with Gasteiger partial charge in [0.05, 0.1) is 42.1 Å². The number of carbonyl (C=O) groups is 2. The molecular formula is C32H33F2N5O4S. The van der Waals surface area contributed by atoms with Gasteiger partial charge in [-0.2, -0.15) is 0 Å². The number of thiazole rings is 1. The van der Waals surface area contributed by atoms with E-state index < -0.39 is 43.0 Å². The summed E-state index contributed by atoms with van der Waals surface area (Å²) in [5.41, 5.74) is 2.43. The van der Waals surface area contributed by atoms with Crippen LogP contribution in [0.25, 0.3) is 11.5 Å². The van der Waals surface area contributed by atoms with E-state index >= 15 is 0 Å². The van der Waals surface area contributed by atoms with E-state index in [1.807, 2.05) is 42.6 Å². The lowest BCUT2D eigenvalue weighted by Gasteiger charge is -2.29. The van der Waals surface area contributed by atoms with Crippen LogP contribution in [-0.4, -0.2) is 69.0 Å². The van der Waals surface area contributed by atoms with Crippen molar-refractivity contribution < 1.29 is 27.9 Å². The molecule has 2 saturated heterocycles. The molecule has 2 aliphatic heterocycles. The van der Waals surface area contributed by atoms with E-state index in [4.69, 9.17) is 4.42 Å². The van der Waals surface area contributed by atoms with Crippen molar-refractivity contribution in [3.05, 3.63) is 93.8 Å². The van der Waals surface area contributed by atoms with Crippen LogP contribution in [0.4, 0.5) is 8.78 Å². The van der Waals surface area contributed by atoms with E-state index in [0.29, 0.717) is 12.1 Å². The maximum Gasteiger partial charge on any atom is 0.261 e. The second-order valence-corrected chi connectivity index (χ2v) is 12.3. The number of likely N-dealkylation sites (tertiary alicyclic amines) is 1. The van der Waals surface area contributed by atoms with Gasteiger partial charge in [-0.05, 0) is 49.9 Å². The number of hydrogen-bond acceptors (Lipinski definition) is 8. The van der Waals surface area contributed by atoms with Crippen LogP contribution in [0.1, 0.15) is 62.3 Å². The smallest absolute Gasteiger partial charge is 0.261 e. The summed E-state index contributed by atoms with van der Waals surface area (Å²) in [6.45, 7) is 1.88. The minimum atomic E-state index is -2.96. The van der Waals surface area contributed by atoms with Gasteiger partial charge in [-0.1, -0.05) is 30.3 Å². The first-order valence-corrected chi connectivity index (χ1v) is 15.5. The van der Waals surface area contributed by atoms with Crippen molar-refractivity contribution in [3.8, 4) is 11.5 Å². The monoisotopic (exact) mass is 621 g/mol. The second kappa shape index (κ2) is 12.5. The number of aromatic nitrogens is 2. The van der Waals surface area contributed by atoms with E-state index in [1.54, 1.807) is 23.1 Å². The molecule has 0 radical (unpaired) electrons. The average molecular weight is 622 g/mol. The Morgan fingerprint density at radius 1 is 1.23 bits per heavy atom. The van der Waals surface area contributed by atoms with Crippen LogP contribution in [0.2, 0.25) is 0 Å². The minimum Gasteiger partial charge on any atom is -0.445 e. The summed E-state index contributed by atoms with van der Waals surface area (Å²) >= 11 is 1.51. The number of carbonyl (C=O) groups excluding carboxylic acids is 2. The summed E-state index contributed by atoms with van der Waals surface area (Å²) in [5, 5.41) is 19.7. The molecule has 3 N–H and O–H groups in total. The third-order valence-electron chi connectivity index (χ3n) is 8.19. The number of aryl methyl sites for hydroxylation is 1. The molecule has 2 aromatic carbocycles. The van der Waals surface area contributed by atoms with Gasteiger partial charge in [-0.25, -0.2) is 18.7 Å². The molecule has 9 nitrogen and oxygen atoms in total. The summed E-state index contributed by atoms with van der Waals surface area (Å²) in [5.74, 6) is -3.62. The van der Waals surface area contributed by atoms with Gasteiger partial charge < -0.3 is 25.1 Å². The number of hydrogen-bond donors (Lipinski definition) is 3. The van der Waals surface area contributed by atoms with Crippen LogP contribution in [-0.2, 0) is 6.42 Å². The molecule has 0 bridgehead atoms. The number of nitrogens with one attached hydrogen (secondary N) is 2. The van der Waals surface area contributed by atoms with Crippen molar-refractivity contribution in [1.29, 1.82) is 0 Å². The highest BCUT2D eigenvalue weighted by molar-refractivity contribution is 7.09. The number of nitrogens with zero attached hydrogens (tertiary/aromatic N) is 3. The van der Waals surface area contributed by atoms with Crippen molar-refractivity contribution in [1.82, 2.24) is 25.5 Å². The Balaban J connectivity index is 1.33. The van der Waals surface area contributed by atoms with Gasteiger partial charge in [0.25, 0.3) is 17.7 Å². The van der Waals surface area contributed by atoms with Gasteiger partial charge in [0.1, 0.15) is 11.3 Å². The fourth-order valence-electron chi connectivity index (χ4n) is 6.00. The molecule has 2 aromatic heterocycles. The zero-order valence-corrected chi connectivity index (χ0v) is 24.9. The van der Waals surface area contributed by atoms with Crippen LogP contribution < -0.4 is 10.6 Å². The molecule has 44 heavy (non-hydrogen) atoms. The van der Waals surface area contributed by atoms with Crippen LogP contribution in [0.15, 0.2) is 70.8 Å². The Morgan fingerprint density at radius 2 is 2.05 bits per heavy atom. The Labute approximate surface area is 257 Å². The standard InChI is InChI=1S/C32H33F2N5O4S/c1-19-17-44-30(37-19)26-8-5-12-39(26)31(42)22-10-9-21(29-35-11-13-43-29)15-23(22)28(41)38-24(14-20-6-3-2-4-7-20)27(40)25-16-32(33,34)18-36-25/h2-4,6-7,9-11,13,15,17,24-27,36,40H,5,8,12,14,16,18H2,1H3,(H,38,41)/t24-,25+,26+,27-/m0/s1. The molecule has 0 unspecified atom stereocenters. The number of alkyl halides is 2. The van der Waals surface area contributed by atoms with Crippen molar-refractivity contribution in [3.63, 3.8) is 0 Å². The van der Waals surface area contributed by atoms with Crippen molar-refractivity contribution in [2.24, 2.45) is 0 Å². The summed E-state index contributed by atoms with van der Waals surface area (Å²) < 4.78 is 33.6. The maximum atomic E-state index is 14.1. The molecule has 0 saturated carbocycles. The first-order valence-electron chi connectivity index (χ1n) is 14.6. The highest BCUT2D eigenvalue weighted by atomic mass is 32.1. The predicted molar refractivity (Wildman–Crippen MR) is 161 cm³/mol. The van der Waals surface area contributed by atoms with Gasteiger partial charge >= 0.3 is 0 Å². The Kier molecular flexibility index (Phi) is 8.57. The molecule has 0 aliphatic carbocycles. The van der Waals surface area contributed by atoms with Gasteiger partial charge in [-0.15, -0.1) is 11.3 Å². The molecule has 2 amide bonds. The number of benzene rings is 2. The third kappa shape index (κ3) is 6.42. The molecule has 0 spiro atoms. The average Bonchev–Trinajstić information content (AvgIpc) is 3.84. The number of oxazole rings is 1. The Morgan fingerprint density at radius 3 is 2.73 bits per heavy atom.